The van der Waals surface area contributed by atoms with Crippen LogP contribution in [0.15, 0.2) is 76.5 Å². The Morgan fingerprint density at radius 1 is 1.00 bits per heavy atom. The number of hydrogen-bond donors (Lipinski definition) is 2. The Hall–Kier alpha value is -3.56. The highest BCUT2D eigenvalue weighted by atomic mass is 32.2. The summed E-state index contributed by atoms with van der Waals surface area (Å²) in [6, 6.07) is 21.0. The molecule has 3 rings (SSSR count). The number of carboxylic acid groups (broad SMARTS) is 1. The number of anilines is 1. The van der Waals surface area contributed by atoms with Gasteiger partial charge in [0.1, 0.15) is 6.07 Å². The second-order valence-corrected chi connectivity index (χ2v) is 7.08. The molecule has 0 radical (unpaired) electrons. The topological polar surface area (TPSA) is 90.2 Å². The van der Waals surface area contributed by atoms with Gasteiger partial charge in [-0.25, -0.2) is 4.79 Å². The highest BCUT2D eigenvalue weighted by Gasteiger charge is 2.15. The molecule has 0 unspecified atom stereocenters. The number of nitrogens with zero attached hydrogens (tertiary/aromatic N) is 1. The summed E-state index contributed by atoms with van der Waals surface area (Å²) in [5, 5.41) is 21.2. The van der Waals surface area contributed by atoms with Gasteiger partial charge in [-0.3, -0.25) is 4.79 Å². The van der Waals surface area contributed by atoms with E-state index in [2.05, 4.69) is 11.4 Å². The van der Waals surface area contributed by atoms with Gasteiger partial charge in [0.25, 0.3) is 5.91 Å². The smallest absolute Gasteiger partial charge is 0.335 e. The molecule has 0 aliphatic heterocycles. The summed E-state index contributed by atoms with van der Waals surface area (Å²) in [6.07, 6.45) is 0. The number of aryl methyl sites for hydroxylation is 1. The Morgan fingerprint density at radius 2 is 1.68 bits per heavy atom. The van der Waals surface area contributed by atoms with Crippen LogP contribution in [0.4, 0.5) is 5.69 Å². The lowest BCUT2D eigenvalue weighted by molar-refractivity contribution is 0.0696. The molecule has 3 aromatic rings. The molecule has 0 heterocycles. The maximum absolute atomic E-state index is 12.9. The molecule has 1 amide bonds. The second kappa shape index (κ2) is 8.42. The quantitative estimate of drug-likeness (QED) is 0.644. The van der Waals surface area contributed by atoms with E-state index in [4.69, 9.17) is 5.11 Å². The molecule has 0 atom stereocenters. The first-order valence-corrected chi connectivity index (χ1v) is 9.22. The van der Waals surface area contributed by atoms with Crippen molar-refractivity contribution in [3.63, 3.8) is 0 Å². The van der Waals surface area contributed by atoms with E-state index in [1.54, 1.807) is 37.3 Å². The fraction of sp³-hybridized carbons (Fsp3) is 0.0455. The van der Waals surface area contributed by atoms with Crippen molar-refractivity contribution < 1.29 is 14.7 Å². The molecule has 0 spiro atoms. The van der Waals surface area contributed by atoms with Crippen LogP contribution < -0.4 is 5.32 Å². The van der Waals surface area contributed by atoms with Crippen LogP contribution in [0.3, 0.4) is 0 Å². The first-order chi connectivity index (χ1) is 13.5. The standard InChI is InChI=1S/C22H16N2O3S/c1-14-10-11-15(22(26)27)12-18(14)24-21(25)17-7-3-5-9-20(17)28-19-8-4-2-6-16(19)13-23/h2-12H,1H3,(H,24,25)(H,26,27). The molecule has 3 aromatic carbocycles. The third kappa shape index (κ3) is 4.22. The third-order valence-corrected chi connectivity index (χ3v) is 5.24. The summed E-state index contributed by atoms with van der Waals surface area (Å²) in [5.74, 6) is -1.40. The number of rotatable bonds is 5. The van der Waals surface area contributed by atoms with E-state index >= 15 is 0 Å². The Labute approximate surface area is 166 Å². The number of nitriles is 1. The van der Waals surface area contributed by atoms with E-state index in [0.717, 1.165) is 10.5 Å². The fourth-order valence-corrected chi connectivity index (χ4v) is 3.61. The Morgan fingerprint density at radius 3 is 2.39 bits per heavy atom. The first-order valence-electron chi connectivity index (χ1n) is 8.41. The maximum Gasteiger partial charge on any atom is 0.335 e. The Balaban J connectivity index is 1.91. The maximum atomic E-state index is 12.9. The molecule has 0 saturated heterocycles. The monoisotopic (exact) mass is 388 g/mol. The van der Waals surface area contributed by atoms with Crippen molar-refractivity contribution in [1.29, 1.82) is 5.26 Å². The highest BCUT2D eigenvalue weighted by Crippen LogP contribution is 2.33. The van der Waals surface area contributed by atoms with Gasteiger partial charge in [0.2, 0.25) is 0 Å². The highest BCUT2D eigenvalue weighted by molar-refractivity contribution is 7.99. The van der Waals surface area contributed by atoms with Crippen LogP contribution in [0.25, 0.3) is 0 Å². The van der Waals surface area contributed by atoms with Crippen molar-refractivity contribution in [2.75, 3.05) is 5.32 Å². The SMILES string of the molecule is Cc1ccc(C(=O)O)cc1NC(=O)c1ccccc1Sc1ccccc1C#N. The van der Waals surface area contributed by atoms with Crippen LogP contribution in [0, 0.1) is 18.3 Å². The van der Waals surface area contributed by atoms with Gasteiger partial charge in [-0.05, 0) is 48.9 Å². The number of aromatic carboxylic acids is 1. The molecular formula is C22H16N2O3S. The van der Waals surface area contributed by atoms with Crippen LogP contribution >= 0.6 is 11.8 Å². The number of hydrogen-bond acceptors (Lipinski definition) is 4. The van der Waals surface area contributed by atoms with Crippen molar-refractivity contribution in [3.8, 4) is 6.07 Å². The summed E-state index contributed by atoms with van der Waals surface area (Å²) < 4.78 is 0. The predicted molar refractivity (Wildman–Crippen MR) is 108 cm³/mol. The van der Waals surface area contributed by atoms with Crippen molar-refractivity contribution >= 4 is 29.3 Å². The minimum absolute atomic E-state index is 0.103. The summed E-state index contributed by atoms with van der Waals surface area (Å²) in [6.45, 7) is 1.80. The van der Waals surface area contributed by atoms with Crippen LogP contribution in [0.2, 0.25) is 0 Å². The van der Waals surface area contributed by atoms with E-state index in [0.29, 0.717) is 21.7 Å². The van der Waals surface area contributed by atoms with E-state index in [1.165, 1.54) is 23.9 Å². The molecule has 0 bridgehead atoms. The molecule has 0 saturated carbocycles. The number of amides is 1. The van der Waals surface area contributed by atoms with Gasteiger partial charge in [0.15, 0.2) is 0 Å². The molecule has 6 heteroatoms. The van der Waals surface area contributed by atoms with Gasteiger partial charge in [0, 0.05) is 15.5 Å². The van der Waals surface area contributed by atoms with Gasteiger partial charge in [-0.2, -0.15) is 5.26 Å². The number of carbonyl (C=O) groups is 2. The summed E-state index contributed by atoms with van der Waals surface area (Å²) in [4.78, 5) is 25.5. The average molecular weight is 388 g/mol. The van der Waals surface area contributed by atoms with E-state index < -0.39 is 5.97 Å². The zero-order valence-corrected chi connectivity index (χ0v) is 15.8. The van der Waals surface area contributed by atoms with Crippen molar-refractivity contribution in [1.82, 2.24) is 0 Å². The lowest BCUT2D eigenvalue weighted by Gasteiger charge is -2.12. The number of nitrogens with one attached hydrogen (secondary N) is 1. The lowest BCUT2D eigenvalue weighted by atomic mass is 10.1. The molecule has 0 aliphatic carbocycles. The first kappa shape index (κ1) is 19.2. The van der Waals surface area contributed by atoms with Crippen LogP contribution in [0.1, 0.15) is 31.8 Å². The Bertz CT molecular complexity index is 1100. The predicted octanol–water partition coefficient (Wildman–Crippen LogP) is 4.97. The van der Waals surface area contributed by atoms with Gasteiger partial charge in [0.05, 0.1) is 16.7 Å². The zero-order chi connectivity index (χ0) is 20.1. The molecule has 2 N–H and O–H groups in total. The van der Waals surface area contributed by atoms with Gasteiger partial charge in [-0.1, -0.05) is 42.1 Å². The molecule has 0 aliphatic rings. The summed E-state index contributed by atoms with van der Waals surface area (Å²) in [5.41, 5.74) is 2.29. The third-order valence-electron chi connectivity index (χ3n) is 4.09. The molecule has 0 fully saturated rings. The average Bonchev–Trinajstić information content (AvgIpc) is 2.70. The molecular weight excluding hydrogens is 372 g/mol. The van der Waals surface area contributed by atoms with Crippen LogP contribution in [-0.2, 0) is 0 Å². The fourth-order valence-electron chi connectivity index (χ4n) is 2.59. The largest absolute Gasteiger partial charge is 0.478 e. The zero-order valence-electron chi connectivity index (χ0n) is 15.0. The molecule has 0 aromatic heterocycles. The van der Waals surface area contributed by atoms with Gasteiger partial charge in [-0.15, -0.1) is 0 Å². The van der Waals surface area contributed by atoms with Crippen molar-refractivity contribution in [3.05, 3.63) is 89.0 Å². The summed E-state index contributed by atoms with van der Waals surface area (Å²) >= 11 is 1.34. The van der Waals surface area contributed by atoms with Crippen LogP contribution in [-0.4, -0.2) is 17.0 Å². The molecule has 138 valence electrons. The summed E-state index contributed by atoms with van der Waals surface area (Å²) in [7, 11) is 0. The molecule has 28 heavy (non-hydrogen) atoms. The Kier molecular flexibility index (Phi) is 5.78. The van der Waals surface area contributed by atoms with E-state index in [9.17, 15) is 14.9 Å². The molecule has 5 nitrogen and oxygen atoms in total. The van der Waals surface area contributed by atoms with Crippen molar-refractivity contribution in [2.45, 2.75) is 16.7 Å². The number of carbonyl (C=O) groups excluding carboxylic acids is 1. The van der Waals surface area contributed by atoms with E-state index in [1.807, 2.05) is 24.3 Å². The normalized spacial score (nSPS) is 10.1. The minimum Gasteiger partial charge on any atom is -0.478 e. The van der Waals surface area contributed by atoms with Crippen LogP contribution in [0.5, 0.6) is 0 Å². The minimum atomic E-state index is -1.06. The van der Waals surface area contributed by atoms with Gasteiger partial charge < -0.3 is 10.4 Å². The van der Waals surface area contributed by atoms with Crippen molar-refractivity contribution in [2.24, 2.45) is 0 Å². The van der Waals surface area contributed by atoms with E-state index in [-0.39, 0.29) is 11.5 Å². The van der Waals surface area contributed by atoms with Gasteiger partial charge >= 0.3 is 5.97 Å². The number of carboxylic acids is 1. The number of benzene rings is 3. The lowest BCUT2D eigenvalue weighted by Crippen LogP contribution is -2.14. The second-order valence-electron chi connectivity index (χ2n) is 6.00.